The fourth-order valence-corrected chi connectivity index (χ4v) is 5.88. The van der Waals surface area contributed by atoms with Crippen LogP contribution in [0.1, 0.15) is 63.2 Å². The molecule has 1 amide bonds. The van der Waals surface area contributed by atoms with E-state index in [1.807, 2.05) is 0 Å². The quantitative estimate of drug-likeness (QED) is 0.728. The third kappa shape index (κ3) is 4.22. The van der Waals surface area contributed by atoms with Crippen LogP contribution in [0.3, 0.4) is 0 Å². The molecule has 2 aromatic rings. The lowest BCUT2D eigenvalue weighted by atomic mass is 9.77. The highest BCUT2D eigenvalue weighted by molar-refractivity contribution is 5.76. The first-order chi connectivity index (χ1) is 15.1. The van der Waals surface area contributed by atoms with Crippen molar-refractivity contribution in [3.05, 3.63) is 24.5 Å². The van der Waals surface area contributed by atoms with Gasteiger partial charge < -0.3 is 14.3 Å². The zero-order valence-electron chi connectivity index (χ0n) is 18.4. The van der Waals surface area contributed by atoms with E-state index < -0.39 is 0 Å². The summed E-state index contributed by atoms with van der Waals surface area (Å²) >= 11 is 0. The van der Waals surface area contributed by atoms with Gasteiger partial charge in [-0.1, -0.05) is 37.3 Å². The van der Waals surface area contributed by atoms with Crippen molar-refractivity contribution in [2.45, 2.75) is 57.3 Å². The molecule has 2 atom stereocenters. The summed E-state index contributed by atoms with van der Waals surface area (Å²) in [6, 6.07) is 0. The molecule has 0 aromatic carbocycles. The third-order valence-electron chi connectivity index (χ3n) is 7.60. The smallest absolute Gasteiger partial charge is 0.232 e. The van der Waals surface area contributed by atoms with E-state index in [-0.39, 0.29) is 17.2 Å². The van der Waals surface area contributed by atoms with Gasteiger partial charge in [0.1, 0.15) is 5.69 Å². The highest BCUT2D eigenvalue weighted by Gasteiger charge is 2.53. The molecule has 3 fully saturated rings. The Hall–Kier alpha value is -2.35. The van der Waals surface area contributed by atoms with Gasteiger partial charge in [-0.05, 0) is 32.4 Å². The van der Waals surface area contributed by atoms with E-state index in [1.54, 1.807) is 18.6 Å². The lowest BCUT2D eigenvalue weighted by Crippen LogP contribution is -2.34. The first-order valence-electron chi connectivity index (χ1n) is 11.7. The van der Waals surface area contributed by atoms with Gasteiger partial charge >= 0.3 is 0 Å². The number of likely N-dealkylation sites (tertiary alicyclic amines) is 2. The van der Waals surface area contributed by atoms with Gasteiger partial charge in [0.2, 0.25) is 17.6 Å². The molecule has 0 unspecified atom stereocenters. The molecule has 1 spiro atoms. The van der Waals surface area contributed by atoms with Crippen LogP contribution in [0.4, 0.5) is 0 Å². The van der Waals surface area contributed by atoms with Crippen molar-refractivity contribution in [1.82, 2.24) is 29.9 Å². The molecule has 0 radical (unpaired) electrons. The van der Waals surface area contributed by atoms with Gasteiger partial charge in [0.25, 0.3) is 0 Å². The summed E-state index contributed by atoms with van der Waals surface area (Å²) in [6.45, 7) is 3.44. The molecule has 2 saturated heterocycles. The van der Waals surface area contributed by atoms with Crippen molar-refractivity contribution in [1.29, 1.82) is 0 Å². The van der Waals surface area contributed by atoms with Crippen LogP contribution in [0.25, 0.3) is 11.5 Å². The number of rotatable bonds is 5. The van der Waals surface area contributed by atoms with Gasteiger partial charge in [0.15, 0.2) is 0 Å². The fraction of sp³-hybridized carbons (Fsp3) is 0.696. The zero-order chi connectivity index (χ0) is 21.3. The van der Waals surface area contributed by atoms with Crippen LogP contribution in [0.15, 0.2) is 23.1 Å². The normalized spacial score (nSPS) is 27.4. The van der Waals surface area contributed by atoms with Crippen molar-refractivity contribution < 1.29 is 9.32 Å². The van der Waals surface area contributed by atoms with Gasteiger partial charge in [-0.15, -0.1) is 0 Å². The SMILES string of the molecule is CN1CC[C@]2(C1)CN(C(=O)CCC1CCCCC1)C[C@H]2c1nc(-c2cnccn2)no1. The Bertz CT molecular complexity index is 896. The minimum absolute atomic E-state index is 0.0125. The van der Waals surface area contributed by atoms with Crippen LogP contribution in [0.2, 0.25) is 0 Å². The van der Waals surface area contributed by atoms with Crippen molar-refractivity contribution >= 4 is 5.91 Å². The second-order valence-corrected chi connectivity index (χ2v) is 9.77. The molecule has 8 nitrogen and oxygen atoms in total. The van der Waals surface area contributed by atoms with Crippen LogP contribution in [0, 0.1) is 11.3 Å². The number of hydrogen-bond donors (Lipinski definition) is 0. The van der Waals surface area contributed by atoms with Gasteiger partial charge in [-0.25, -0.2) is 4.98 Å². The first kappa shape index (κ1) is 20.5. The number of hydrogen-bond acceptors (Lipinski definition) is 7. The Labute approximate surface area is 183 Å². The van der Waals surface area contributed by atoms with E-state index in [2.05, 4.69) is 37.0 Å². The second-order valence-electron chi connectivity index (χ2n) is 9.77. The molecule has 0 N–H and O–H groups in total. The maximum absolute atomic E-state index is 13.1. The van der Waals surface area contributed by atoms with Gasteiger partial charge in [-0.3, -0.25) is 9.78 Å². The van der Waals surface area contributed by atoms with Gasteiger partial charge in [0.05, 0.1) is 12.1 Å². The van der Waals surface area contributed by atoms with Crippen LogP contribution >= 0.6 is 0 Å². The summed E-state index contributed by atoms with van der Waals surface area (Å²) in [5, 5.41) is 4.17. The largest absolute Gasteiger partial charge is 0.341 e. The van der Waals surface area contributed by atoms with Crippen molar-refractivity contribution in [2.24, 2.45) is 11.3 Å². The van der Waals surface area contributed by atoms with Crippen LogP contribution in [-0.2, 0) is 4.79 Å². The topological polar surface area (TPSA) is 88.2 Å². The molecule has 5 rings (SSSR count). The van der Waals surface area contributed by atoms with E-state index in [0.717, 1.165) is 38.4 Å². The fourth-order valence-electron chi connectivity index (χ4n) is 5.88. The Balaban J connectivity index is 1.31. The molecule has 1 saturated carbocycles. The highest BCUT2D eigenvalue weighted by atomic mass is 16.5. The maximum Gasteiger partial charge on any atom is 0.232 e. The Kier molecular flexibility index (Phi) is 5.73. The summed E-state index contributed by atoms with van der Waals surface area (Å²) in [5.41, 5.74) is 0.593. The summed E-state index contributed by atoms with van der Waals surface area (Å²) < 4.78 is 5.72. The Morgan fingerprint density at radius 2 is 2.10 bits per heavy atom. The molecule has 166 valence electrons. The van der Waals surface area contributed by atoms with E-state index in [4.69, 9.17) is 4.52 Å². The van der Waals surface area contributed by atoms with Crippen LogP contribution in [0.5, 0.6) is 0 Å². The molecule has 2 aromatic heterocycles. The van der Waals surface area contributed by atoms with E-state index in [1.165, 1.54) is 32.1 Å². The maximum atomic E-state index is 13.1. The molecule has 3 aliphatic rings. The molecule has 4 heterocycles. The number of aromatic nitrogens is 4. The van der Waals surface area contributed by atoms with Gasteiger partial charge in [-0.2, -0.15) is 4.98 Å². The average molecular weight is 425 g/mol. The summed E-state index contributed by atoms with van der Waals surface area (Å²) in [5.74, 6) is 2.17. The number of carbonyl (C=O) groups is 1. The summed E-state index contributed by atoms with van der Waals surface area (Å²) in [7, 11) is 2.15. The zero-order valence-corrected chi connectivity index (χ0v) is 18.4. The van der Waals surface area contributed by atoms with E-state index in [9.17, 15) is 4.79 Å². The predicted molar refractivity (Wildman–Crippen MR) is 115 cm³/mol. The lowest BCUT2D eigenvalue weighted by Gasteiger charge is -2.27. The summed E-state index contributed by atoms with van der Waals surface area (Å²) in [6.07, 6.45) is 14.2. The van der Waals surface area contributed by atoms with Crippen molar-refractivity contribution in [3.8, 4) is 11.5 Å². The second kappa shape index (κ2) is 8.65. The van der Waals surface area contributed by atoms with Gasteiger partial charge in [0, 0.05) is 43.9 Å². The minimum Gasteiger partial charge on any atom is -0.341 e. The predicted octanol–water partition coefficient (Wildman–Crippen LogP) is 3.13. The molecule has 0 bridgehead atoms. The standard InChI is InChI=1S/C23H32N6O2/c1-28-12-9-23(15-28)16-29(20(30)8-7-17-5-3-2-4-6-17)14-18(23)22-26-21(27-31-22)19-13-24-10-11-25-19/h10-11,13,17-18H,2-9,12,14-16H2,1H3/t18-,23-/m0/s1. The number of amides is 1. The molecule has 1 aliphatic carbocycles. The molecular formula is C23H32N6O2. The van der Waals surface area contributed by atoms with Crippen LogP contribution in [-0.4, -0.2) is 69.0 Å². The summed E-state index contributed by atoms with van der Waals surface area (Å²) in [4.78, 5) is 30.6. The first-order valence-corrected chi connectivity index (χ1v) is 11.7. The number of nitrogens with zero attached hydrogens (tertiary/aromatic N) is 6. The molecule has 31 heavy (non-hydrogen) atoms. The molecule has 2 aliphatic heterocycles. The monoisotopic (exact) mass is 424 g/mol. The van der Waals surface area contributed by atoms with Crippen molar-refractivity contribution in [3.63, 3.8) is 0 Å². The van der Waals surface area contributed by atoms with Crippen molar-refractivity contribution in [2.75, 3.05) is 33.2 Å². The minimum atomic E-state index is -0.0125. The molecule has 8 heteroatoms. The molecular weight excluding hydrogens is 392 g/mol. The van der Waals surface area contributed by atoms with Crippen LogP contribution < -0.4 is 0 Å². The highest BCUT2D eigenvalue weighted by Crippen LogP contribution is 2.48. The Morgan fingerprint density at radius 3 is 2.84 bits per heavy atom. The van der Waals surface area contributed by atoms with E-state index >= 15 is 0 Å². The number of carbonyl (C=O) groups excluding carboxylic acids is 1. The Morgan fingerprint density at radius 1 is 1.23 bits per heavy atom. The third-order valence-corrected chi connectivity index (χ3v) is 7.60. The average Bonchev–Trinajstić information content (AvgIpc) is 3.52. The van der Waals surface area contributed by atoms with E-state index in [0.29, 0.717) is 30.4 Å². The lowest BCUT2D eigenvalue weighted by molar-refractivity contribution is -0.130.